The largest absolute Gasteiger partial charge is 0.351 e. The van der Waals surface area contributed by atoms with Crippen LogP contribution >= 0.6 is 0 Å². The van der Waals surface area contributed by atoms with Gasteiger partial charge >= 0.3 is 6.03 Å². The Labute approximate surface area is 103 Å². The minimum absolute atomic E-state index is 0.335. The maximum Gasteiger partial charge on any atom is 0.318 e. The monoisotopic (exact) mass is 241 g/mol. The molecule has 0 aromatic carbocycles. The molecule has 1 fully saturated rings. The van der Waals surface area contributed by atoms with Crippen LogP contribution < -0.4 is 16.4 Å². The summed E-state index contributed by atoms with van der Waals surface area (Å²) in [6.07, 6.45) is 6.13. The lowest BCUT2D eigenvalue weighted by molar-refractivity contribution is -0.121. The molecule has 0 aromatic rings. The minimum Gasteiger partial charge on any atom is -0.351 e. The minimum atomic E-state index is -0.797. The maximum atomic E-state index is 11.5. The Morgan fingerprint density at radius 1 is 1.35 bits per heavy atom. The summed E-state index contributed by atoms with van der Waals surface area (Å²) in [5.41, 5.74) is 5.24. The van der Waals surface area contributed by atoms with Gasteiger partial charge in [-0.25, -0.2) is 4.79 Å². The molecule has 1 aliphatic rings. The van der Waals surface area contributed by atoms with E-state index in [0.29, 0.717) is 5.41 Å². The van der Waals surface area contributed by atoms with Crippen molar-refractivity contribution in [3.05, 3.63) is 0 Å². The molecule has 3 amide bonds. The second-order valence-corrected chi connectivity index (χ2v) is 5.02. The Morgan fingerprint density at radius 2 is 1.94 bits per heavy atom. The number of carbonyl (C=O) groups excluding carboxylic acids is 2. The van der Waals surface area contributed by atoms with E-state index in [9.17, 15) is 9.59 Å². The van der Waals surface area contributed by atoms with Crippen molar-refractivity contribution in [1.29, 1.82) is 0 Å². The summed E-state index contributed by atoms with van der Waals surface area (Å²) in [6.45, 7) is 4.77. The molecule has 98 valence electrons. The van der Waals surface area contributed by atoms with Gasteiger partial charge < -0.3 is 11.1 Å². The zero-order valence-corrected chi connectivity index (χ0v) is 10.7. The van der Waals surface area contributed by atoms with Gasteiger partial charge in [-0.2, -0.15) is 0 Å². The first-order chi connectivity index (χ1) is 7.99. The van der Waals surface area contributed by atoms with Crippen LogP contribution in [0.3, 0.4) is 0 Å². The van der Waals surface area contributed by atoms with Crippen LogP contribution in [0.1, 0.15) is 46.0 Å². The van der Waals surface area contributed by atoms with Crippen LogP contribution in [0.15, 0.2) is 0 Å². The van der Waals surface area contributed by atoms with Crippen molar-refractivity contribution >= 4 is 11.9 Å². The first-order valence-electron chi connectivity index (χ1n) is 6.33. The molecule has 0 aliphatic heterocycles. The molecule has 0 radical (unpaired) electrons. The van der Waals surface area contributed by atoms with E-state index in [1.54, 1.807) is 6.92 Å². The molecule has 1 saturated carbocycles. The molecule has 4 N–H and O–H groups in total. The van der Waals surface area contributed by atoms with Gasteiger partial charge in [0, 0.05) is 6.54 Å². The van der Waals surface area contributed by atoms with Crippen LogP contribution in [0.4, 0.5) is 4.79 Å². The molecule has 0 bridgehead atoms. The summed E-state index contributed by atoms with van der Waals surface area (Å²) in [6, 6.07) is -1.18. The quantitative estimate of drug-likeness (QED) is 0.674. The average Bonchev–Trinajstić information content (AvgIpc) is 2.74. The van der Waals surface area contributed by atoms with Crippen LogP contribution in [0.2, 0.25) is 0 Å². The molecule has 1 rings (SSSR count). The second kappa shape index (κ2) is 6.00. The van der Waals surface area contributed by atoms with E-state index in [2.05, 4.69) is 17.6 Å². The van der Waals surface area contributed by atoms with E-state index in [1.165, 1.54) is 25.7 Å². The topological polar surface area (TPSA) is 84.2 Å². The number of urea groups is 1. The van der Waals surface area contributed by atoms with Gasteiger partial charge in [0.25, 0.3) is 0 Å². The van der Waals surface area contributed by atoms with Crippen molar-refractivity contribution in [3.8, 4) is 0 Å². The number of amides is 3. The Kier molecular flexibility index (Phi) is 4.93. The lowest BCUT2D eigenvalue weighted by atomic mass is 9.83. The fourth-order valence-corrected chi connectivity index (χ4v) is 2.47. The molecular formula is C12H23N3O2. The number of nitrogens with one attached hydrogen (secondary N) is 2. The molecular weight excluding hydrogens is 218 g/mol. The van der Waals surface area contributed by atoms with Crippen LogP contribution in [-0.2, 0) is 4.79 Å². The Bertz CT molecular complexity index is 285. The number of hydrogen-bond donors (Lipinski definition) is 3. The molecule has 0 heterocycles. The highest BCUT2D eigenvalue weighted by Crippen LogP contribution is 2.40. The van der Waals surface area contributed by atoms with Crippen LogP contribution in [0.5, 0.6) is 0 Å². The third-order valence-corrected chi connectivity index (χ3v) is 3.84. The van der Waals surface area contributed by atoms with Crippen LogP contribution in [0, 0.1) is 5.41 Å². The lowest BCUT2D eigenvalue weighted by Crippen LogP contribution is -2.48. The number of imide groups is 1. The van der Waals surface area contributed by atoms with E-state index in [0.717, 1.165) is 13.0 Å². The third kappa shape index (κ3) is 4.00. The van der Waals surface area contributed by atoms with Gasteiger partial charge in [0.1, 0.15) is 0 Å². The Morgan fingerprint density at radius 3 is 2.41 bits per heavy atom. The van der Waals surface area contributed by atoms with Gasteiger partial charge in [0.05, 0.1) is 6.04 Å². The van der Waals surface area contributed by atoms with E-state index in [1.807, 2.05) is 0 Å². The van der Waals surface area contributed by atoms with Gasteiger partial charge in [0.2, 0.25) is 5.91 Å². The summed E-state index contributed by atoms with van der Waals surface area (Å²) in [5, 5.41) is 5.29. The summed E-state index contributed by atoms with van der Waals surface area (Å²) < 4.78 is 0. The molecule has 17 heavy (non-hydrogen) atoms. The second-order valence-electron chi connectivity index (χ2n) is 5.02. The Hall–Kier alpha value is -1.10. The highest BCUT2D eigenvalue weighted by atomic mass is 16.2. The smallest absolute Gasteiger partial charge is 0.318 e. The zero-order chi connectivity index (χ0) is 12.9. The molecule has 0 spiro atoms. The molecule has 5 heteroatoms. The number of rotatable bonds is 5. The van der Waals surface area contributed by atoms with Gasteiger partial charge in [-0.05, 0) is 31.6 Å². The molecule has 1 atom stereocenters. The van der Waals surface area contributed by atoms with Crippen molar-refractivity contribution in [3.63, 3.8) is 0 Å². The van der Waals surface area contributed by atoms with Gasteiger partial charge in [-0.15, -0.1) is 0 Å². The van der Waals surface area contributed by atoms with Crippen molar-refractivity contribution in [1.82, 2.24) is 10.6 Å². The SMILES string of the molecule is CCC1(CNC(C)C(=O)NC(N)=O)CCCC1. The zero-order valence-electron chi connectivity index (χ0n) is 10.7. The number of nitrogens with two attached hydrogens (primary N) is 1. The highest BCUT2D eigenvalue weighted by Gasteiger charge is 2.32. The normalized spacial score (nSPS) is 19.9. The fraction of sp³-hybridized carbons (Fsp3) is 0.833. The van der Waals surface area contributed by atoms with Crippen molar-refractivity contribution in [2.75, 3.05) is 6.54 Å². The van der Waals surface area contributed by atoms with E-state index >= 15 is 0 Å². The number of carbonyl (C=O) groups is 2. The highest BCUT2D eigenvalue weighted by molar-refractivity contribution is 5.96. The van der Waals surface area contributed by atoms with Crippen LogP contribution in [-0.4, -0.2) is 24.5 Å². The molecule has 0 aromatic heterocycles. The third-order valence-electron chi connectivity index (χ3n) is 3.84. The molecule has 5 nitrogen and oxygen atoms in total. The maximum absolute atomic E-state index is 11.5. The molecule has 1 aliphatic carbocycles. The van der Waals surface area contributed by atoms with Crippen LogP contribution in [0.25, 0.3) is 0 Å². The fourth-order valence-electron chi connectivity index (χ4n) is 2.47. The van der Waals surface area contributed by atoms with E-state index in [4.69, 9.17) is 5.73 Å². The van der Waals surface area contributed by atoms with Gasteiger partial charge in [-0.1, -0.05) is 19.8 Å². The molecule has 1 unspecified atom stereocenters. The summed E-state index contributed by atoms with van der Waals surface area (Å²) in [4.78, 5) is 22.0. The average molecular weight is 241 g/mol. The van der Waals surface area contributed by atoms with Crippen molar-refractivity contribution in [2.24, 2.45) is 11.1 Å². The van der Waals surface area contributed by atoms with Crippen molar-refractivity contribution < 1.29 is 9.59 Å². The van der Waals surface area contributed by atoms with Gasteiger partial charge in [0.15, 0.2) is 0 Å². The summed E-state index contributed by atoms with van der Waals surface area (Å²) in [7, 11) is 0. The van der Waals surface area contributed by atoms with E-state index in [-0.39, 0.29) is 11.9 Å². The van der Waals surface area contributed by atoms with E-state index < -0.39 is 6.03 Å². The first-order valence-corrected chi connectivity index (χ1v) is 6.33. The standard InChI is InChI=1S/C12H23N3O2/c1-3-12(6-4-5-7-12)8-14-9(2)10(16)15-11(13)17/h9,14H,3-8H2,1-2H3,(H3,13,15,16,17). The predicted molar refractivity (Wildman–Crippen MR) is 66.4 cm³/mol. The van der Waals surface area contributed by atoms with Gasteiger partial charge in [-0.3, -0.25) is 10.1 Å². The first kappa shape index (κ1) is 14.0. The Balaban J connectivity index is 2.38. The number of hydrogen-bond acceptors (Lipinski definition) is 3. The van der Waals surface area contributed by atoms with Crippen molar-refractivity contribution in [2.45, 2.75) is 52.0 Å². The number of primary amides is 1. The summed E-state index contributed by atoms with van der Waals surface area (Å²) >= 11 is 0. The predicted octanol–water partition coefficient (Wildman–Crippen LogP) is 1.13. The summed E-state index contributed by atoms with van der Waals surface area (Å²) in [5.74, 6) is -0.359. The lowest BCUT2D eigenvalue weighted by Gasteiger charge is -2.29. The molecule has 0 saturated heterocycles.